The van der Waals surface area contributed by atoms with Crippen LogP contribution in [0.2, 0.25) is 5.02 Å². The van der Waals surface area contributed by atoms with Gasteiger partial charge in [-0.2, -0.15) is 5.26 Å². The second kappa shape index (κ2) is 7.02. The Bertz CT molecular complexity index is 544. The van der Waals surface area contributed by atoms with E-state index >= 15 is 0 Å². The maximum Gasteiger partial charge on any atom is 0.154 e. The third kappa shape index (κ3) is 3.61. The van der Waals surface area contributed by atoms with Gasteiger partial charge in [-0.25, -0.2) is 4.39 Å². The highest BCUT2D eigenvalue weighted by molar-refractivity contribution is 6.31. The number of nitrogens with zero attached hydrogens (tertiary/aromatic N) is 1. The number of carbonyl (C=O) groups excluding carboxylic acids is 1. The summed E-state index contributed by atoms with van der Waals surface area (Å²) in [6.07, 6.45) is 2.13. The van der Waals surface area contributed by atoms with E-state index in [0.717, 1.165) is 12.8 Å². The van der Waals surface area contributed by atoms with Gasteiger partial charge in [0, 0.05) is 23.6 Å². The zero-order valence-electron chi connectivity index (χ0n) is 11.8. The normalized spacial score (nSPS) is 22.2. The first-order valence-corrected chi connectivity index (χ1v) is 7.42. The largest absolute Gasteiger partial charge is 0.378 e. The highest BCUT2D eigenvalue weighted by Crippen LogP contribution is 2.36. The van der Waals surface area contributed by atoms with Crippen molar-refractivity contribution in [3.63, 3.8) is 0 Å². The molecule has 1 atom stereocenters. The molecule has 3 nitrogen and oxygen atoms in total. The molecule has 1 aliphatic rings. The van der Waals surface area contributed by atoms with Crippen molar-refractivity contribution >= 4 is 17.4 Å². The maximum absolute atomic E-state index is 13.8. The van der Waals surface area contributed by atoms with Gasteiger partial charge in [-0.05, 0) is 37.8 Å². The molecule has 2 rings (SSSR count). The van der Waals surface area contributed by atoms with Gasteiger partial charge < -0.3 is 4.74 Å². The van der Waals surface area contributed by atoms with E-state index in [1.54, 1.807) is 0 Å². The fourth-order valence-electron chi connectivity index (χ4n) is 2.70. The lowest BCUT2D eigenvalue weighted by atomic mass is 9.77. The lowest BCUT2D eigenvalue weighted by Crippen LogP contribution is -2.33. The van der Waals surface area contributed by atoms with Crippen LogP contribution in [0, 0.1) is 23.1 Å². The van der Waals surface area contributed by atoms with Crippen molar-refractivity contribution in [2.24, 2.45) is 5.92 Å². The number of hydrogen-bond donors (Lipinski definition) is 0. The Hall–Kier alpha value is -1.44. The predicted molar refractivity (Wildman–Crippen MR) is 77.5 cm³/mol. The molecule has 0 bridgehead atoms. The van der Waals surface area contributed by atoms with Crippen molar-refractivity contribution in [1.29, 1.82) is 5.26 Å². The second-order valence-corrected chi connectivity index (χ2v) is 5.69. The number of Topliss-reactive ketones (excluding diaryl/α,β-unsaturated/α-hetero) is 1. The summed E-state index contributed by atoms with van der Waals surface area (Å²) in [5.41, 5.74) is -0.00708. The van der Waals surface area contributed by atoms with Gasteiger partial charge in [0.2, 0.25) is 0 Å². The smallest absolute Gasteiger partial charge is 0.154 e. The number of carbonyl (C=O) groups is 1. The molecule has 0 N–H and O–H groups in total. The Labute approximate surface area is 128 Å². The summed E-state index contributed by atoms with van der Waals surface area (Å²) < 4.78 is 19.3. The maximum atomic E-state index is 13.8. The Morgan fingerprint density at radius 1 is 1.57 bits per heavy atom. The quantitative estimate of drug-likeness (QED) is 0.801. The molecular formula is C16H17ClFNO2. The molecule has 0 saturated heterocycles. The van der Waals surface area contributed by atoms with Crippen LogP contribution in [0.25, 0.3) is 0 Å². The Morgan fingerprint density at radius 2 is 2.29 bits per heavy atom. The van der Waals surface area contributed by atoms with Gasteiger partial charge in [-0.15, -0.1) is 0 Å². The average molecular weight is 310 g/mol. The van der Waals surface area contributed by atoms with Gasteiger partial charge in [-0.3, -0.25) is 4.79 Å². The minimum Gasteiger partial charge on any atom is -0.378 e. The highest BCUT2D eigenvalue weighted by atomic mass is 35.5. The minimum atomic E-state index is -1.13. The number of nitriles is 1. The summed E-state index contributed by atoms with van der Waals surface area (Å²) in [6, 6.07) is 6.05. The van der Waals surface area contributed by atoms with Gasteiger partial charge in [-0.1, -0.05) is 17.7 Å². The van der Waals surface area contributed by atoms with E-state index in [0.29, 0.717) is 6.61 Å². The fraction of sp³-hybridized carbons (Fsp3) is 0.500. The van der Waals surface area contributed by atoms with Crippen LogP contribution in [0.5, 0.6) is 0 Å². The van der Waals surface area contributed by atoms with Crippen molar-refractivity contribution in [2.45, 2.75) is 38.2 Å². The van der Waals surface area contributed by atoms with Crippen LogP contribution in [0.1, 0.15) is 37.7 Å². The van der Waals surface area contributed by atoms with E-state index in [9.17, 15) is 14.4 Å². The van der Waals surface area contributed by atoms with Crippen LogP contribution in [-0.4, -0.2) is 18.5 Å². The Kier molecular flexibility index (Phi) is 5.33. The monoisotopic (exact) mass is 309 g/mol. The number of benzene rings is 1. The number of ketones is 1. The van der Waals surface area contributed by atoms with Crippen LogP contribution in [-0.2, 0) is 9.53 Å². The van der Waals surface area contributed by atoms with Crippen LogP contribution < -0.4 is 0 Å². The molecule has 1 unspecified atom stereocenters. The van der Waals surface area contributed by atoms with Crippen LogP contribution in [0.15, 0.2) is 18.2 Å². The molecule has 0 amide bonds. The van der Waals surface area contributed by atoms with Gasteiger partial charge in [0.05, 0.1) is 12.2 Å². The van der Waals surface area contributed by atoms with Crippen LogP contribution in [0.4, 0.5) is 4.39 Å². The molecule has 5 heteroatoms. The van der Waals surface area contributed by atoms with E-state index < -0.39 is 11.7 Å². The Balaban J connectivity index is 2.02. The zero-order valence-corrected chi connectivity index (χ0v) is 12.6. The van der Waals surface area contributed by atoms with E-state index in [2.05, 4.69) is 0 Å². The molecule has 1 aliphatic carbocycles. The minimum absolute atomic E-state index is 0.00708. The van der Waals surface area contributed by atoms with E-state index in [-0.39, 0.29) is 34.8 Å². The van der Waals surface area contributed by atoms with Crippen LogP contribution in [0.3, 0.4) is 0 Å². The highest BCUT2D eigenvalue weighted by Gasteiger charge is 2.34. The van der Waals surface area contributed by atoms with Crippen molar-refractivity contribution in [3.05, 3.63) is 34.6 Å². The van der Waals surface area contributed by atoms with Crippen molar-refractivity contribution in [3.8, 4) is 6.07 Å². The number of halogens is 2. The molecule has 0 heterocycles. The molecule has 1 aromatic carbocycles. The SMILES string of the molecule is CCOC1CC(CC(=O)C(C#N)c2c(F)cccc2Cl)C1. The molecule has 1 fully saturated rings. The first-order chi connectivity index (χ1) is 10.1. The molecule has 0 aromatic heterocycles. The molecule has 1 aromatic rings. The number of rotatable bonds is 6. The zero-order chi connectivity index (χ0) is 15.4. The van der Waals surface area contributed by atoms with E-state index in [1.807, 2.05) is 13.0 Å². The molecule has 0 radical (unpaired) electrons. The van der Waals surface area contributed by atoms with Crippen molar-refractivity contribution in [1.82, 2.24) is 0 Å². The van der Waals surface area contributed by atoms with Crippen molar-refractivity contribution in [2.75, 3.05) is 6.61 Å². The summed E-state index contributed by atoms with van der Waals surface area (Å²) in [5.74, 6) is -1.80. The lowest BCUT2D eigenvalue weighted by Gasteiger charge is -2.34. The summed E-state index contributed by atoms with van der Waals surface area (Å²) in [4.78, 5) is 12.3. The third-order valence-corrected chi connectivity index (χ3v) is 4.15. The van der Waals surface area contributed by atoms with Crippen LogP contribution >= 0.6 is 11.6 Å². The molecule has 1 saturated carbocycles. The number of hydrogen-bond acceptors (Lipinski definition) is 3. The topological polar surface area (TPSA) is 50.1 Å². The molecule has 21 heavy (non-hydrogen) atoms. The van der Waals surface area contributed by atoms with Gasteiger partial charge in [0.15, 0.2) is 5.78 Å². The molecular weight excluding hydrogens is 293 g/mol. The molecule has 0 spiro atoms. The standard InChI is InChI=1S/C16H17ClFNO2/c1-2-21-11-6-10(7-11)8-15(20)12(9-19)16-13(17)4-3-5-14(16)18/h3-5,10-12H,2,6-8H2,1H3. The van der Waals surface area contributed by atoms with Gasteiger partial charge in [0.25, 0.3) is 0 Å². The van der Waals surface area contributed by atoms with Gasteiger partial charge >= 0.3 is 0 Å². The summed E-state index contributed by atoms with van der Waals surface area (Å²) in [6.45, 7) is 2.60. The average Bonchev–Trinajstić information content (AvgIpc) is 2.40. The van der Waals surface area contributed by atoms with E-state index in [4.69, 9.17) is 16.3 Å². The first-order valence-electron chi connectivity index (χ1n) is 7.04. The third-order valence-electron chi connectivity index (χ3n) is 3.82. The first kappa shape index (κ1) is 15.9. The van der Waals surface area contributed by atoms with E-state index in [1.165, 1.54) is 18.2 Å². The summed E-state index contributed by atoms with van der Waals surface area (Å²) in [5, 5.41) is 9.34. The summed E-state index contributed by atoms with van der Waals surface area (Å²) in [7, 11) is 0. The fourth-order valence-corrected chi connectivity index (χ4v) is 2.97. The second-order valence-electron chi connectivity index (χ2n) is 5.28. The summed E-state index contributed by atoms with van der Waals surface area (Å²) >= 11 is 5.93. The Morgan fingerprint density at radius 3 is 2.86 bits per heavy atom. The predicted octanol–water partition coefficient (Wildman–Crippen LogP) is 3.86. The lowest BCUT2D eigenvalue weighted by molar-refractivity contribution is -0.122. The van der Waals surface area contributed by atoms with Crippen molar-refractivity contribution < 1.29 is 13.9 Å². The molecule has 0 aliphatic heterocycles. The number of ether oxygens (including phenoxy) is 1. The molecule has 112 valence electrons. The van der Waals surface area contributed by atoms with Gasteiger partial charge in [0.1, 0.15) is 11.7 Å².